The molecule has 4 nitrogen and oxygen atoms in total. The van der Waals surface area contributed by atoms with Crippen LogP contribution in [0.25, 0.3) is 0 Å². The highest BCUT2D eigenvalue weighted by molar-refractivity contribution is 5.93. The average Bonchev–Trinajstić information content (AvgIpc) is 2.90. The monoisotopic (exact) mass is 236 g/mol. The Kier molecular flexibility index (Phi) is 4.20. The van der Waals surface area contributed by atoms with Crippen molar-refractivity contribution in [3.8, 4) is 0 Å². The molecule has 1 aromatic rings. The summed E-state index contributed by atoms with van der Waals surface area (Å²) in [6.45, 7) is 4.92. The number of piperidine rings is 1. The van der Waals surface area contributed by atoms with Crippen molar-refractivity contribution < 1.29 is 9.21 Å². The molecule has 0 atom stereocenters. The van der Waals surface area contributed by atoms with E-state index in [4.69, 9.17) is 4.42 Å². The molecular formula is C13H20N2O2. The molecule has 1 saturated heterocycles. The lowest BCUT2D eigenvalue weighted by atomic mass is 10.0. The Balaban J connectivity index is 1.81. The molecule has 0 unspecified atom stereocenters. The second kappa shape index (κ2) is 5.87. The molecule has 0 saturated carbocycles. The maximum atomic E-state index is 12.0. The SMILES string of the molecule is CCCNC1CCN(C(=O)c2ccoc2)CC1. The molecule has 1 aliphatic rings. The molecule has 2 rings (SSSR count). The fourth-order valence-electron chi connectivity index (χ4n) is 2.20. The first-order valence-electron chi connectivity index (χ1n) is 6.36. The van der Waals surface area contributed by atoms with Gasteiger partial charge in [-0.25, -0.2) is 0 Å². The smallest absolute Gasteiger partial charge is 0.257 e. The maximum Gasteiger partial charge on any atom is 0.257 e. The highest BCUT2D eigenvalue weighted by atomic mass is 16.3. The van der Waals surface area contributed by atoms with Crippen LogP contribution in [0.4, 0.5) is 0 Å². The third kappa shape index (κ3) is 3.09. The minimum absolute atomic E-state index is 0.0905. The fourth-order valence-corrected chi connectivity index (χ4v) is 2.20. The number of likely N-dealkylation sites (tertiary alicyclic amines) is 1. The van der Waals surface area contributed by atoms with Crippen molar-refractivity contribution in [1.29, 1.82) is 0 Å². The number of hydrogen-bond donors (Lipinski definition) is 1. The lowest BCUT2D eigenvalue weighted by molar-refractivity contribution is 0.0704. The molecule has 1 aliphatic heterocycles. The first-order chi connectivity index (χ1) is 8.31. The molecule has 2 heterocycles. The van der Waals surface area contributed by atoms with E-state index in [2.05, 4.69) is 12.2 Å². The Bertz CT molecular complexity index is 340. The number of rotatable bonds is 4. The van der Waals surface area contributed by atoms with E-state index in [9.17, 15) is 4.79 Å². The Morgan fingerprint density at radius 3 is 2.88 bits per heavy atom. The summed E-state index contributed by atoms with van der Waals surface area (Å²) >= 11 is 0. The van der Waals surface area contributed by atoms with Crippen LogP contribution in [0.3, 0.4) is 0 Å². The summed E-state index contributed by atoms with van der Waals surface area (Å²) in [5.74, 6) is 0.0905. The molecule has 0 spiro atoms. The lowest BCUT2D eigenvalue weighted by Crippen LogP contribution is -2.45. The Labute approximate surface area is 102 Å². The Morgan fingerprint density at radius 1 is 1.53 bits per heavy atom. The number of amides is 1. The van der Waals surface area contributed by atoms with Gasteiger partial charge in [-0.1, -0.05) is 6.92 Å². The van der Waals surface area contributed by atoms with Gasteiger partial charge in [-0.3, -0.25) is 4.79 Å². The van der Waals surface area contributed by atoms with Gasteiger partial charge in [0.15, 0.2) is 0 Å². The van der Waals surface area contributed by atoms with Crippen molar-refractivity contribution in [2.24, 2.45) is 0 Å². The van der Waals surface area contributed by atoms with Gasteiger partial charge < -0.3 is 14.6 Å². The van der Waals surface area contributed by atoms with Gasteiger partial charge in [-0.2, -0.15) is 0 Å². The van der Waals surface area contributed by atoms with Gasteiger partial charge >= 0.3 is 0 Å². The molecule has 1 amide bonds. The van der Waals surface area contributed by atoms with Gasteiger partial charge in [0, 0.05) is 19.1 Å². The molecule has 0 radical (unpaired) electrons. The van der Waals surface area contributed by atoms with Crippen LogP contribution in [0, 0.1) is 0 Å². The van der Waals surface area contributed by atoms with Crippen molar-refractivity contribution >= 4 is 5.91 Å². The Morgan fingerprint density at radius 2 is 2.29 bits per heavy atom. The normalized spacial score (nSPS) is 17.4. The van der Waals surface area contributed by atoms with Crippen molar-refractivity contribution in [2.45, 2.75) is 32.2 Å². The zero-order chi connectivity index (χ0) is 12.1. The first kappa shape index (κ1) is 12.2. The zero-order valence-electron chi connectivity index (χ0n) is 10.3. The number of hydrogen-bond acceptors (Lipinski definition) is 3. The molecule has 1 N–H and O–H groups in total. The number of carbonyl (C=O) groups excluding carboxylic acids is 1. The summed E-state index contributed by atoms with van der Waals surface area (Å²) in [7, 11) is 0. The third-order valence-electron chi connectivity index (χ3n) is 3.23. The molecule has 94 valence electrons. The lowest BCUT2D eigenvalue weighted by Gasteiger charge is -2.32. The largest absolute Gasteiger partial charge is 0.472 e. The molecule has 0 bridgehead atoms. The van der Waals surface area contributed by atoms with Crippen LogP contribution >= 0.6 is 0 Å². The van der Waals surface area contributed by atoms with E-state index in [0.29, 0.717) is 11.6 Å². The van der Waals surface area contributed by atoms with E-state index in [-0.39, 0.29) is 5.91 Å². The van der Waals surface area contributed by atoms with Crippen molar-refractivity contribution in [2.75, 3.05) is 19.6 Å². The Hall–Kier alpha value is -1.29. The first-order valence-corrected chi connectivity index (χ1v) is 6.36. The second-order valence-corrected chi connectivity index (χ2v) is 4.53. The van der Waals surface area contributed by atoms with Gasteiger partial charge in [0.25, 0.3) is 5.91 Å². The van der Waals surface area contributed by atoms with Gasteiger partial charge in [0.1, 0.15) is 6.26 Å². The fraction of sp³-hybridized carbons (Fsp3) is 0.615. The summed E-state index contributed by atoms with van der Waals surface area (Å²) in [4.78, 5) is 13.9. The molecule has 0 aliphatic carbocycles. The number of carbonyl (C=O) groups is 1. The van der Waals surface area contributed by atoms with Crippen LogP contribution < -0.4 is 5.32 Å². The highest BCUT2D eigenvalue weighted by Gasteiger charge is 2.23. The number of furan rings is 1. The van der Waals surface area contributed by atoms with E-state index >= 15 is 0 Å². The minimum atomic E-state index is 0.0905. The topological polar surface area (TPSA) is 45.5 Å². The molecule has 4 heteroatoms. The van der Waals surface area contributed by atoms with E-state index in [1.807, 2.05) is 4.90 Å². The van der Waals surface area contributed by atoms with Crippen molar-refractivity contribution in [3.63, 3.8) is 0 Å². The molecule has 0 aromatic carbocycles. The van der Waals surface area contributed by atoms with E-state index in [1.165, 1.54) is 6.26 Å². The van der Waals surface area contributed by atoms with Crippen LogP contribution in [0.15, 0.2) is 23.0 Å². The molecule has 1 fully saturated rings. The van der Waals surface area contributed by atoms with Gasteiger partial charge in [-0.05, 0) is 31.9 Å². The predicted molar refractivity (Wildman–Crippen MR) is 65.9 cm³/mol. The van der Waals surface area contributed by atoms with Crippen LogP contribution in [-0.4, -0.2) is 36.5 Å². The maximum absolute atomic E-state index is 12.0. The summed E-state index contributed by atoms with van der Waals surface area (Å²) in [5.41, 5.74) is 0.657. The minimum Gasteiger partial charge on any atom is -0.472 e. The van der Waals surface area contributed by atoms with Crippen LogP contribution in [-0.2, 0) is 0 Å². The standard InChI is InChI=1S/C13H20N2O2/c1-2-6-14-12-3-7-15(8-4-12)13(16)11-5-9-17-10-11/h5,9-10,12,14H,2-4,6-8H2,1H3. The quantitative estimate of drug-likeness (QED) is 0.868. The summed E-state index contributed by atoms with van der Waals surface area (Å²) < 4.78 is 4.94. The zero-order valence-corrected chi connectivity index (χ0v) is 10.3. The predicted octanol–water partition coefficient (Wildman–Crippen LogP) is 1.88. The van der Waals surface area contributed by atoms with E-state index < -0.39 is 0 Å². The van der Waals surface area contributed by atoms with E-state index in [1.54, 1.807) is 12.3 Å². The number of nitrogens with zero attached hydrogens (tertiary/aromatic N) is 1. The molecular weight excluding hydrogens is 216 g/mol. The highest BCUT2D eigenvalue weighted by Crippen LogP contribution is 2.14. The average molecular weight is 236 g/mol. The van der Waals surface area contributed by atoms with Crippen molar-refractivity contribution in [1.82, 2.24) is 10.2 Å². The second-order valence-electron chi connectivity index (χ2n) is 4.53. The number of nitrogens with one attached hydrogen (secondary N) is 1. The van der Waals surface area contributed by atoms with Gasteiger partial charge in [0.05, 0.1) is 11.8 Å². The summed E-state index contributed by atoms with van der Waals surface area (Å²) in [5, 5.41) is 3.51. The van der Waals surface area contributed by atoms with E-state index in [0.717, 1.165) is 38.9 Å². The van der Waals surface area contributed by atoms with Crippen LogP contribution in [0.1, 0.15) is 36.5 Å². The van der Waals surface area contributed by atoms with Crippen LogP contribution in [0.5, 0.6) is 0 Å². The van der Waals surface area contributed by atoms with Crippen molar-refractivity contribution in [3.05, 3.63) is 24.2 Å². The summed E-state index contributed by atoms with van der Waals surface area (Å²) in [6, 6.07) is 2.30. The summed E-state index contributed by atoms with van der Waals surface area (Å²) in [6.07, 6.45) is 6.31. The molecule has 1 aromatic heterocycles. The van der Waals surface area contributed by atoms with Crippen LogP contribution in [0.2, 0.25) is 0 Å². The van der Waals surface area contributed by atoms with Gasteiger partial charge in [0.2, 0.25) is 0 Å². The molecule has 17 heavy (non-hydrogen) atoms. The third-order valence-corrected chi connectivity index (χ3v) is 3.23. The van der Waals surface area contributed by atoms with Gasteiger partial charge in [-0.15, -0.1) is 0 Å².